The molecule has 0 aliphatic carbocycles. The molecule has 0 unspecified atom stereocenters. The number of nitrogens with zero attached hydrogens (tertiary/aromatic N) is 1. The van der Waals surface area contributed by atoms with Crippen molar-refractivity contribution in [1.82, 2.24) is 4.98 Å². The van der Waals surface area contributed by atoms with Gasteiger partial charge in [-0.25, -0.2) is 0 Å². The molecule has 3 aromatic carbocycles. The quantitative estimate of drug-likeness (QED) is 0.221. The molecule has 2 N–H and O–H groups in total. The lowest BCUT2D eigenvalue weighted by Gasteiger charge is -2.09. The molecule has 0 radical (unpaired) electrons. The highest BCUT2D eigenvalue weighted by atomic mass is 79.9. The van der Waals surface area contributed by atoms with Crippen molar-refractivity contribution < 1.29 is 14.0 Å². The molecule has 0 spiro atoms. The third-order valence-electron chi connectivity index (χ3n) is 5.75. The van der Waals surface area contributed by atoms with Crippen LogP contribution in [0.25, 0.3) is 21.9 Å². The summed E-state index contributed by atoms with van der Waals surface area (Å²) in [6, 6.07) is 17.8. The number of benzene rings is 3. The summed E-state index contributed by atoms with van der Waals surface area (Å²) in [6.45, 7) is 1.79. The number of para-hydroxylation sites is 2. The van der Waals surface area contributed by atoms with Crippen LogP contribution in [0, 0.1) is 6.92 Å². The SMILES string of the molecule is Cc1oc2c(NC(=O)c3c(Cl)cccc3Cl)cccc2c1CC(=O)Nc1cccc2cc(Br)cnc12. The molecule has 9 heteroatoms. The molecule has 6 nitrogen and oxygen atoms in total. The first kappa shape index (κ1) is 24.3. The Morgan fingerprint density at radius 2 is 1.67 bits per heavy atom. The van der Waals surface area contributed by atoms with E-state index in [1.54, 1.807) is 43.5 Å². The fourth-order valence-corrected chi connectivity index (χ4v) is 5.01. The van der Waals surface area contributed by atoms with E-state index in [1.807, 2.05) is 30.3 Å². The van der Waals surface area contributed by atoms with Crippen LogP contribution in [0.1, 0.15) is 21.7 Å². The second-order valence-electron chi connectivity index (χ2n) is 8.13. The number of halogens is 3. The van der Waals surface area contributed by atoms with Gasteiger partial charge in [-0.1, -0.05) is 53.5 Å². The Hall–Kier alpha value is -3.39. The molecule has 0 saturated carbocycles. The minimum atomic E-state index is -0.457. The number of carbonyl (C=O) groups excluding carboxylic acids is 2. The van der Waals surface area contributed by atoms with Crippen molar-refractivity contribution in [1.29, 1.82) is 0 Å². The zero-order valence-corrected chi connectivity index (χ0v) is 22.0. The van der Waals surface area contributed by atoms with E-state index in [9.17, 15) is 9.59 Å². The number of rotatable bonds is 5. The Labute approximate surface area is 224 Å². The molecule has 2 aromatic heterocycles. The molecule has 0 fully saturated rings. The van der Waals surface area contributed by atoms with Crippen LogP contribution < -0.4 is 10.6 Å². The van der Waals surface area contributed by atoms with Crippen LogP contribution in [0.5, 0.6) is 0 Å². The van der Waals surface area contributed by atoms with Crippen LogP contribution in [0.2, 0.25) is 10.0 Å². The van der Waals surface area contributed by atoms with Gasteiger partial charge in [0.1, 0.15) is 5.76 Å². The average Bonchev–Trinajstić information content (AvgIpc) is 3.15. The number of aryl methyl sites for hydroxylation is 1. The predicted molar refractivity (Wildman–Crippen MR) is 147 cm³/mol. The van der Waals surface area contributed by atoms with Gasteiger partial charge in [0.25, 0.3) is 5.91 Å². The van der Waals surface area contributed by atoms with E-state index < -0.39 is 5.91 Å². The molecule has 0 aliphatic heterocycles. The minimum Gasteiger partial charge on any atom is -0.459 e. The van der Waals surface area contributed by atoms with Crippen LogP contribution in [0.4, 0.5) is 11.4 Å². The number of anilines is 2. The summed E-state index contributed by atoms with van der Waals surface area (Å²) in [6.07, 6.45) is 1.77. The highest BCUT2D eigenvalue weighted by Gasteiger charge is 2.20. The van der Waals surface area contributed by atoms with Crippen LogP contribution in [0.15, 0.2) is 75.8 Å². The van der Waals surface area contributed by atoms with Gasteiger partial charge in [-0.05, 0) is 53.2 Å². The van der Waals surface area contributed by atoms with Gasteiger partial charge in [0.15, 0.2) is 5.58 Å². The van der Waals surface area contributed by atoms with Crippen LogP contribution >= 0.6 is 39.1 Å². The number of aromatic nitrogens is 1. The summed E-state index contributed by atoms with van der Waals surface area (Å²) in [5, 5.41) is 7.91. The van der Waals surface area contributed by atoms with Crippen LogP contribution in [-0.4, -0.2) is 16.8 Å². The van der Waals surface area contributed by atoms with Gasteiger partial charge in [0.05, 0.1) is 38.9 Å². The van der Waals surface area contributed by atoms with Crippen molar-refractivity contribution in [2.75, 3.05) is 10.6 Å². The first-order valence-electron chi connectivity index (χ1n) is 10.9. The molecule has 5 rings (SSSR count). The zero-order chi connectivity index (χ0) is 25.4. The first-order chi connectivity index (χ1) is 17.3. The summed E-state index contributed by atoms with van der Waals surface area (Å²) < 4.78 is 6.84. The van der Waals surface area contributed by atoms with Crippen LogP contribution in [0.3, 0.4) is 0 Å². The monoisotopic (exact) mass is 581 g/mol. The van der Waals surface area contributed by atoms with Gasteiger partial charge in [0, 0.05) is 27.0 Å². The number of pyridine rings is 1. The van der Waals surface area contributed by atoms with Gasteiger partial charge < -0.3 is 15.1 Å². The third-order valence-corrected chi connectivity index (χ3v) is 6.81. The largest absolute Gasteiger partial charge is 0.459 e. The van der Waals surface area contributed by atoms with Gasteiger partial charge in [-0.2, -0.15) is 0 Å². The summed E-state index contributed by atoms with van der Waals surface area (Å²) in [5.41, 5.74) is 3.14. The van der Waals surface area contributed by atoms with Crippen LogP contribution in [-0.2, 0) is 11.2 Å². The van der Waals surface area contributed by atoms with Gasteiger partial charge in [-0.3, -0.25) is 14.6 Å². The van der Waals surface area contributed by atoms with Crippen molar-refractivity contribution in [3.8, 4) is 0 Å². The van der Waals surface area contributed by atoms with E-state index >= 15 is 0 Å². The molecule has 180 valence electrons. The van der Waals surface area contributed by atoms with Crippen molar-refractivity contribution >= 4 is 84.2 Å². The van der Waals surface area contributed by atoms with E-state index in [2.05, 4.69) is 31.5 Å². The fourth-order valence-electron chi connectivity index (χ4n) is 4.10. The van der Waals surface area contributed by atoms with Gasteiger partial charge in [0.2, 0.25) is 5.91 Å². The maximum atomic E-state index is 13.0. The van der Waals surface area contributed by atoms with Crippen molar-refractivity contribution in [2.45, 2.75) is 13.3 Å². The van der Waals surface area contributed by atoms with E-state index in [4.69, 9.17) is 27.6 Å². The summed E-state index contributed by atoms with van der Waals surface area (Å²) in [5.74, 6) is -0.0885. The molecule has 0 atom stereocenters. The average molecular weight is 583 g/mol. The standard InChI is InChI=1S/C27H18BrCl2N3O3/c1-14-18(12-23(34)32-21-9-2-5-15-11-16(28)13-31-25(15)21)17-6-3-10-22(26(17)36-14)33-27(35)24-19(29)7-4-8-20(24)30/h2-11,13H,12H2,1H3,(H,32,34)(H,33,35). The molecule has 2 heterocycles. The Morgan fingerprint density at radius 3 is 2.44 bits per heavy atom. The lowest BCUT2D eigenvalue weighted by atomic mass is 10.1. The Balaban J connectivity index is 1.42. The predicted octanol–water partition coefficient (Wildman–Crippen LogP) is 7.79. The number of amides is 2. The van der Waals surface area contributed by atoms with Gasteiger partial charge in [-0.15, -0.1) is 0 Å². The molecule has 0 saturated heterocycles. The third kappa shape index (κ3) is 4.69. The lowest BCUT2D eigenvalue weighted by molar-refractivity contribution is -0.115. The second-order valence-corrected chi connectivity index (χ2v) is 9.86. The Morgan fingerprint density at radius 1 is 0.972 bits per heavy atom. The summed E-state index contributed by atoms with van der Waals surface area (Å²) >= 11 is 15.8. The molecule has 2 amide bonds. The summed E-state index contributed by atoms with van der Waals surface area (Å²) in [7, 11) is 0. The molecule has 5 aromatic rings. The van der Waals surface area contributed by atoms with Crippen molar-refractivity contribution in [3.05, 3.63) is 98.3 Å². The maximum Gasteiger partial charge on any atom is 0.258 e. The number of furan rings is 1. The molecule has 0 aliphatic rings. The molecular weight excluding hydrogens is 565 g/mol. The van der Waals surface area contributed by atoms with E-state index in [1.165, 1.54) is 0 Å². The first-order valence-corrected chi connectivity index (χ1v) is 12.5. The number of carbonyl (C=O) groups is 2. The van der Waals surface area contributed by atoms with E-state index in [-0.39, 0.29) is 27.9 Å². The van der Waals surface area contributed by atoms with Crippen molar-refractivity contribution in [3.63, 3.8) is 0 Å². The zero-order valence-electron chi connectivity index (χ0n) is 18.9. The van der Waals surface area contributed by atoms with Gasteiger partial charge >= 0.3 is 0 Å². The number of nitrogens with one attached hydrogen (secondary N) is 2. The smallest absolute Gasteiger partial charge is 0.258 e. The second kappa shape index (κ2) is 9.93. The molecular formula is C27H18BrCl2N3O3. The number of hydrogen-bond donors (Lipinski definition) is 2. The highest BCUT2D eigenvalue weighted by Crippen LogP contribution is 2.33. The molecule has 0 bridgehead atoms. The fraction of sp³-hybridized carbons (Fsp3) is 0.0741. The van der Waals surface area contributed by atoms with E-state index in [0.717, 1.165) is 20.8 Å². The minimum absolute atomic E-state index is 0.0828. The lowest BCUT2D eigenvalue weighted by Crippen LogP contribution is -2.15. The normalized spacial score (nSPS) is 11.1. The molecule has 36 heavy (non-hydrogen) atoms. The topological polar surface area (TPSA) is 84.2 Å². The Bertz CT molecular complexity index is 1650. The van der Waals surface area contributed by atoms with Crippen molar-refractivity contribution in [2.24, 2.45) is 0 Å². The summed E-state index contributed by atoms with van der Waals surface area (Å²) in [4.78, 5) is 30.4. The number of hydrogen-bond acceptors (Lipinski definition) is 4. The maximum absolute atomic E-state index is 13.0. The number of fused-ring (bicyclic) bond motifs is 2. The highest BCUT2D eigenvalue weighted by molar-refractivity contribution is 9.10. The van der Waals surface area contributed by atoms with E-state index in [0.29, 0.717) is 28.2 Å². The Kier molecular flexibility index (Phi) is 6.71.